The molecule has 0 atom stereocenters. The molecule has 2 aromatic rings. The van der Waals surface area contributed by atoms with E-state index < -0.39 is 44.1 Å². The first-order valence-electron chi connectivity index (χ1n) is 7.19. The maximum Gasteiger partial charge on any atom is 0.325 e. The lowest BCUT2D eigenvalue weighted by Crippen LogP contribution is -2.23. The van der Waals surface area contributed by atoms with E-state index in [2.05, 4.69) is 33.6 Å². The highest BCUT2D eigenvalue weighted by Gasteiger charge is 1.95. The van der Waals surface area contributed by atoms with Gasteiger partial charge in [0.05, 0.1) is 0 Å². The third kappa shape index (κ3) is 12.2. The summed E-state index contributed by atoms with van der Waals surface area (Å²) in [6.07, 6.45) is 8.87. The minimum absolute atomic E-state index is 0.0364. The molecule has 0 aliphatic carbocycles. The molecule has 0 amide bonds. The topological polar surface area (TPSA) is 166 Å². The van der Waals surface area contributed by atoms with E-state index in [0.29, 0.717) is 0 Å². The molecule has 0 bridgehead atoms. The molecule has 10 nitrogen and oxygen atoms in total. The van der Waals surface area contributed by atoms with Gasteiger partial charge in [-0.2, -0.15) is 0 Å². The van der Waals surface area contributed by atoms with Crippen LogP contribution in [0.15, 0.2) is 31.6 Å². The van der Waals surface area contributed by atoms with Crippen LogP contribution in [0.2, 0.25) is 0 Å². The SMILES string of the molecule is CS(C)=O.CS(C)=O.O=c1[nH]cc(C#CC#Cc2c[nH]c(=O)[nH]c2=O)c(=O)[nH]1. The van der Waals surface area contributed by atoms with Crippen LogP contribution in [0.1, 0.15) is 11.1 Å². The van der Waals surface area contributed by atoms with Crippen LogP contribution >= 0.6 is 0 Å². The third-order valence-corrected chi connectivity index (χ3v) is 2.10. The van der Waals surface area contributed by atoms with E-state index in [0.717, 1.165) is 12.4 Å². The van der Waals surface area contributed by atoms with Crippen LogP contribution in [-0.4, -0.2) is 53.4 Å². The summed E-state index contributed by atoms with van der Waals surface area (Å²) in [5, 5.41) is 0. The molecule has 12 heteroatoms. The Morgan fingerprint density at radius 2 is 0.964 bits per heavy atom. The second-order valence-corrected chi connectivity index (χ2v) is 7.92. The minimum atomic E-state index is -0.634. The molecule has 4 N–H and O–H groups in total. The van der Waals surface area contributed by atoms with Crippen molar-refractivity contribution in [2.45, 2.75) is 0 Å². The summed E-state index contributed by atoms with van der Waals surface area (Å²) in [4.78, 5) is 52.6. The van der Waals surface area contributed by atoms with Gasteiger partial charge in [-0.3, -0.25) is 28.0 Å². The monoisotopic (exact) mass is 426 g/mol. The highest BCUT2D eigenvalue weighted by Crippen LogP contribution is 1.80. The first-order valence-corrected chi connectivity index (χ1v) is 11.1. The number of H-pyrrole nitrogens is 4. The van der Waals surface area contributed by atoms with E-state index >= 15 is 0 Å². The minimum Gasteiger partial charge on any atom is -0.313 e. The lowest BCUT2D eigenvalue weighted by atomic mass is 10.3. The Morgan fingerprint density at radius 3 is 1.21 bits per heavy atom. The molecule has 0 aliphatic heterocycles. The van der Waals surface area contributed by atoms with E-state index in [1.165, 1.54) is 0 Å². The normalized spacial score (nSPS) is 8.93. The third-order valence-electron chi connectivity index (χ3n) is 2.10. The molecule has 0 aliphatic rings. The number of rotatable bonds is 0. The second-order valence-electron chi connectivity index (χ2n) is 4.95. The molecule has 0 unspecified atom stereocenters. The van der Waals surface area contributed by atoms with Crippen LogP contribution in [0.25, 0.3) is 0 Å². The van der Waals surface area contributed by atoms with Gasteiger partial charge < -0.3 is 9.97 Å². The van der Waals surface area contributed by atoms with Gasteiger partial charge in [0.2, 0.25) is 0 Å². The Kier molecular flexibility index (Phi) is 11.5. The predicted octanol–water partition coefficient (Wildman–Crippen LogP) is -2.17. The van der Waals surface area contributed by atoms with Crippen molar-refractivity contribution in [1.29, 1.82) is 0 Å². The van der Waals surface area contributed by atoms with Crippen molar-refractivity contribution < 1.29 is 8.42 Å². The van der Waals surface area contributed by atoms with Gasteiger partial charge in [-0.15, -0.1) is 0 Å². The summed E-state index contributed by atoms with van der Waals surface area (Å²) in [5.74, 6) is 9.55. The first-order chi connectivity index (χ1) is 13.0. The first kappa shape index (κ1) is 24.8. The summed E-state index contributed by atoms with van der Waals surface area (Å²) in [5.41, 5.74) is -2.46. The van der Waals surface area contributed by atoms with Crippen molar-refractivity contribution in [1.82, 2.24) is 19.9 Å². The van der Waals surface area contributed by atoms with E-state index in [1.54, 1.807) is 25.0 Å². The number of aromatic amines is 4. The Labute approximate surface area is 164 Å². The van der Waals surface area contributed by atoms with E-state index in [4.69, 9.17) is 0 Å². The van der Waals surface area contributed by atoms with Crippen molar-refractivity contribution in [3.63, 3.8) is 0 Å². The summed E-state index contributed by atoms with van der Waals surface area (Å²) in [6.45, 7) is 0. The number of hydrogen-bond donors (Lipinski definition) is 4. The van der Waals surface area contributed by atoms with E-state index in [1.807, 2.05) is 9.97 Å². The molecule has 0 aromatic carbocycles. The largest absolute Gasteiger partial charge is 0.325 e. The van der Waals surface area contributed by atoms with Crippen LogP contribution in [0.3, 0.4) is 0 Å². The zero-order chi connectivity index (χ0) is 21.7. The molecule has 0 fully saturated rings. The smallest absolute Gasteiger partial charge is 0.313 e. The summed E-state index contributed by atoms with van der Waals surface area (Å²) in [6, 6.07) is 0. The van der Waals surface area contributed by atoms with Crippen molar-refractivity contribution in [3.05, 3.63) is 65.2 Å². The summed E-state index contributed by atoms with van der Waals surface area (Å²) >= 11 is 0. The summed E-state index contributed by atoms with van der Waals surface area (Å²) in [7, 11) is -1.22. The van der Waals surface area contributed by atoms with Crippen molar-refractivity contribution in [2.24, 2.45) is 0 Å². The predicted molar refractivity (Wildman–Crippen MR) is 109 cm³/mol. The average Bonchev–Trinajstić information content (AvgIpc) is 2.54. The fraction of sp³-hybridized carbons (Fsp3) is 0.250. The maximum absolute atomic E-state index is 11.3. The van der Waals surface area contributed by atoms with Crippen molar-refractivity contribution >= 4 is 21.6 Å². The molecule has 2 rings (SSSR count). The number of aromatic nitrogens is 4. The van der Waals surface area contributed by atoms with Gasteiger partial charge in [-0.1, -0.05) is 0 Å². The standard InChI is InChI=1S/C12H6N4O4.2C2H6OS/c17-9-7(5-13-11(19)15-9)3-1-2-4-8-6-14-12(20)16-10(8)18;2*1-4(2)3/h5-6H,(H2,13,15,17,19)(H2,14,16,18,20);2*1-2H3. The van der Waals surface area contributed by atoms with Crippen LogP contribution in [0, 0.1) is 23.7 Å². The fourth-order valence-corrected chi connectivity index (χ4v) is 1.20. The second kappa shape index (κ2) is 13.0. The van der Waals surface area contributed by atoms with Crippen molar-refractivity contribution in [2.75, 3.05) is 25.0 Å². The average molecular weight is 426 g/mol. The van der Waals surface area contributed by atoms with Gasteiger partial charge in [0.15, 0.2) is 0 Å². The molecule has 0 radical (unpaired) electrons. The zero-order valence-electron chi connectivity index (χ0n) is 15.4. The number of nitrogens with one attached hydrogen (secondary N) is 4. The number of hydrogen-bond acceptors (Lipinski definition) is 6. The highest BCUT2D eigenvalue weighted by atomic mass is 32.2. The molecule has 2 aromatic heterocycles. The molecule has 0 saturated heterocycles. The van der Waals surface area contributed by atoms with Crippen LogP contribution in [-0.2, 0) is 21.6 Å². The maximum atomic E-state index is 11.3. The molecule has 0 saturated carbocycles. The Hall–Kier alpha value is -3.22. The molecule has 28 heavy (non-hydrogen) atoms. The Balaban J connectivity index is 0.000000776. The quantitative estimate of drug-likeness (QED) is 0.350. The Morgan fingerprint density at radius 1 is 0.679 bits per heavy atom. The molecular formula is C16H18N4O6S2. The van der Waals surface area contributed by atoms with E-state index in [9.17, 15) is 27.6 Å². The summed E-state index contributed by atoms with van der Waals surface area (Å²) < 4.78 is 19.1. The highest BCUT2D eigenvalue weighted by molar-refractivity contribution is 7.83. The molecule has 2 heterocycles. The molecule has 150 valence electrons. The van der Waals surface area contributed by atoms with Gasteiger partial charge in [-0.25, -0.2) is 9.59 Å². The lowest BCUT2D eigenvalue weighted by Gasteiger charge is -1.85. The van der Waals surface area contributed by atoms with Gasteiger partial charge >= 0.3 is 11.4 Å². The van der Waals surface area contributed by atoms with Gasteiger partial charge in [0, 0.05) is 59.0 Å². The van der Waals surface area contributed by atoms with Crippen LogP contribution in [0.4, 0.5) is 0 Å². The lowest BCUT2D eigenvalue weighted by molar-refractivity contribution is 0.689. The van der Waals surface area contributed by atoms with Crippen LogP contribution in [0.5, 0.6) is 0 Å². The molecule has 0 spiro atoms. The van der Waals surface area contributed by atoms with Gasteiger partial charge in [0.25, 0.3) is 11.1 Å². The van der Waals surface area contributed by atoms with Crippen molar-refractivity contribution in [3.8, 4) is 23.7 Å². The van der Waals surface area contributed by atoms with Crippen LogP contribution < -0.4 is 22.5 Å². The zero-order valence-corrected chi connectivity index (χ0v) is 17.1. The van der Waals surface area contributed by atoms with E-state index in [-0.39, 0.29) is 11.1 Å². The molecular weight excluding hydrogens is 408 g/mol. The van der Waals surface area contributed by atoms with Gasteiger partial charge in [0.1, 0.15) is 11.1 Å². The fourth-order valence-electron chi connectivity index (χ4n) is 1.20. The Bertz CT molecular complexity index is 1090. The van der Waals surface area contributed by atoms with Gasteiger partial charge in [-0.05, 0) is 23.7 Å².